The molecule has 0 saturated heterocycles. The van der Waals surface area contributed by atoms with Crippen LogP contribution in [0.2, 0.25) is 0 Å². The summed E-state index contributed by atoms with van der Waals surface area (Å²) in [4.78, 5) is 0. The minimum Gasteiger partial charge on any atom is -0.385 e. The van der Waals surface area contributed by atoms with Crippen molar-refractivity contribution in [2.24, 2.45) is 23.7 Å². The molecule has 4 atom stereocenters. The molecular weight excluding hydrogens is 186 g/mol. The summed E-state index contributed by atoms with van der Waals surface area (Å²) in [5.74, 6) is 3.86. The zero-order valence-electron chi connectivity index (χ0n) is 10.3. The predicted octanol–water partition coefficient (Wildman–Crippen LogP) is 2.29. The zero-order valence-corrected chi connectivity index (χ0v) is 10.3. The largest absolute Gasteiger partial charge is 0.385 e. The van der Waals surface area contributed by atoms with Crippen LogP contribution in [-0.4, -0.2) is 26.8 Å². The van der Waals surface area contributed by atoms with Crippen LogP contribution in [0.1, 0.15) is 32.6 Å². The first-order chi connectivity index (χ1) is 7.29. The summed E-state index contributed by atoms with van der Waals surface area (Å²) in [6, 6.07) is 0.732. The Morgan fingerprint density at radius 2 is 2.00 bits per heavy atom. The first-order valence-electron chi connectivity index (χ1n) is 6.45. The molecule has 2 saturated carbocycles. The Labute approximate surface area is 93.8 Å². The van der Waals surface area contributed by atoms with E-state index in [-0.39, 0.29) is 0 Å². The molecule has 0 bridgehead atoms. The molecule has 15 heavy (non-hydrogen) atoms. The minimum atomic E-state index is 0.732. The van der Waals surface area contributed by atoms with Gasteiger partial charge < -0.3 is 10.1 Å². The standard InChI is InChI=1S/C13H25NO/c1-9(7-8-15-3)13(14-2)12-10-5-4-6-11(10)12/h9-14H,4-8H2,1-3H3. The number of rotatable bonds is 6. The fraction of sp³-hybridized carbons (Fsp3) is 1.00. The average molecular weight is 211 g/mol. The molecule has 0 spiro atoms. The van der Waals surface area contributed by atoms with Gasteiger partial charge in [-0.2, -0.15) is 0 Å². The average Bonchev–Trinajstić information content (AvgIpc) is 2.73. The Morgan fingerprint density at radius 3 is 2.53 bits per heavy atom. The quantitative estimate of drug-likeness (QED) is 0.728. The van der Waals surface area contributed by atoms with Gasteiger partial charge in [-0.15, -0.1) is 0 Å². The van der Waals surface area contributed by atoms with Crippen LogP contribution in [0, 0.1) is 23.7 Å². The van der Waals surface area contributed by atoms with Crippen molar-refractivity contribution in [2.75, 3.05) is 20.8 Å². The lowest BCUT2D eigenvalue weighted by Gasteiger charge is -2.25. The molecule has 4 unspecified atom stereocenters. The Kier molecular flexibility index (Phi) is 3.68. The van der Waals surface area contributed by atoms with Gasteiger partial charge in [0.25, 0.3) is 0 Å². The summed E-state index contributed by atoms with van der Waals surface area (Å²) in [5, 5.41) is 3.55. The fourth-order valence-corrected chi connectivity index (χ4v) is 3.75. The molecule has 2 heteroatoms. The van der Waals surface area contributed by atoms with E-state index in [4.69, 9.17) is 4.74 Å². The van der Waals surface area contributed by atoms with Crippen molar-refractivity contribution in [1.82, 2.24) is 5.32 Å². The van der Waals surface area contributed by atoms with Gasteiger partial charge in [-0.3, -0.25) is 0 Å². The Hall–Kier alpha value is -0.0800. The van der Waals surface area contributed by atoms with E-state index in [9.17, 15) is 0 Å². The number of hydrogen-bond donors (Lipinski definition) is 1. The molecule has 0 heterocycles. The van der Waals surface area contributed by atoms with E-state index in [0.29, 0.717) is 0 Å². The molecular formula is C13H25NO. The summed E-state index contributed by atoms with van der Waals surface area (Å²) in [5.41, 5.74) is 0. The van der Waals surface area contributed by atoms with E-state index in [1.54, 1.807) is 7.11 Å². The van der Waals surface area contributed by atoms with Gasteiger partial charge in [0.1, 0.15) is 0 Å². The van der Waals surface area contributed by atoms with Crippen LogP contribution in [0.3, 0.4) is 0 Å². The molecule has 0 radical (unpaired) electrons. The van der Waals surface area contributed by atoms with Gasteiger partial charge in [-0.1, -0.05) is 13.3 Å². The number of fused-ring (bicyclic) bond motifs is 1. The maximum Gasteiger partial charge on any atom is 0.0465 e. The highest BCUT2D eigenvalue weighted by Gasteiger charge is 2.56. The molecule has 0 aliphatic heterocycles. The highest BCUT2D eigenvalue weighted by Crippen LogP contribution is 2.59. The van der Waals surface area contributed by atoms with Crippen LogP contribution in [0.5, 0.6) is 0 Å². The third-order valence-corrected chi connectivity index (χ3v) is 4.61. The number of methoxy groups -OCH3 is 1. The van der Waals surface area contributed by atoms with Gasteiger partial charge in [-0.25, -0.2) is 0 Å². The summed E-state index contributed by atoms with van der Waals surface area (Å²) < 4.78 is 5.17. The van der Waals surface area contributed by atoms with Crippen LogP contribution in [-0.2, 0) is 4.74 Å². The van der Waals surface area contributed by atoms with Crippen LogP contribution >= 0.6 is 0 Å². The SMILES string of the molecule is CNC(C(C)CCOC)C1C2CCCC21. The van der Waals surface area contributed by atoms with Gasteiger partial charge in [0.05, 0.1) is 0 Å². The second-order valence-electron chi connectivity index (χ2n) is 5.41. The lowest BCUT2D eigenvalue weighted by Crippen LogP contribution is -2.36. The monoisotopic (exact) mass is 211 g/mol. The lowest BCUT2D eigenvalue weighted by molar-refractivity contribution is 0.165. The van der Waals surface area contributed by atoms with Crippen molar-refractivity contribution < 1.29 is 4.74 Å². The van der Waals surface area contributed by atoms with E-state index in [2.05, 4.69) is 19.3 Å². The smallest absolute Gasteiger partial charge is 0.0465 e. The third-order valence-electron chi connectivity index (χ3n) is 4.61. The molecule has 0 aromatic carbocycles. The van der Waals surface area contributed by atoms with Crippen LogP contribution < -0.4 is 5.32 Å². The Balaban J connectivity index is 1.82. The summed E-state index contributed by atoms with van der Waals surface area (Å²) in [6.07, 6.45) is 5.65. The van der Waals surface area contributed by atoms with E-state index >= 15 is 0 Å². The Morgan fingerprint density at radius 1 is 1.33 bits per heavy atom. The van der Waals surface area contributed by atoms with Gasteiger partial charge in [0.2, 0.25) is 0 Å². The Bertz CT molecular complexity index is 197. The number of nitrogens with one attached hydrogen (secondary N) is 1. The first-order valence-corrected chi connectivity index (χ1v) is 6.45. The van der Waals surface area contributed by atoms with E-state index in [0.717, 1.165) is 36.3 Å². The summed E-state index contributed by atoms with van der Waals surface area (Å²) in [7, 11) is 3.93. The van der Waals surface area contributed by atoms with Crippen molar-refractivity contribution in [3.8, 4) is 0 Å². The number of hydrogen-bond acceptors (Lipinski definition) is 2. The van der Waals surface area contributed by atoms with Crippen molar-refractivity contribution in [1.29, 1.82) is 0 Å². The van der Waals surface area contributed by atoms with Gasteiger partial charge in [0.15, 0.2) is 0 Å². The van der Waals surface area contributed by atoms with Crippen LogP contribution in [0.4, 0.5) is 0 Å². The first kappa shape index (κ1) is 11.4. The maximum atomic E-state index is 5.17. The molecule has 0 aromatic heterocycles. The third kappa shape index (κ3) is 2.21. The predicted molar refractivity (Wildman–Crippen MR) is 62.8 cm³/mol. The molecule has 2 fully saturated rings. The highest BCUT2D eigenvalue weighted by atomic mass is 16.5. The summed E-state index contributed by atoms with van der Waals surface area (Å²) in [6.45, 7) is 3.27. The minimum absolute atomic E-state index is 0.732. The second-order valence-corrected chi connectivity index (χ2v) is 5.41. The number of ether oxygens (including phenoxy) is 1. The second kappa shape index (κ2) is 4.84. The molecule has 2 nitrogen and oxygen atoms in total. The van der Waals surface area contributed by atoms with Crippen LogP contribution in [0.25, 0.3) is 0 Å². The van der Waals surface area contributed by atoms with Gasteiger partial charge in [0, 0.05) is 19.8 Å². The topological polar surface area (TPSA) is 21.3 Å². The van der Waals surface area contributed by atoms with Crippen molar-refractivity contribution in [3.63, 3.8) is 0 Å². The van der Waals surface area contributed by atoms with Crippen molar-refractivity contribution in [3.05, 3.63) is 0 Å². The molecule has 2 aliphatic carbocycles. The maximum absolute atomic E-state index is 5.17. The van der Waals surface area contributed by atoms with E-state index < -0.39 is 0 Å². The summed E-state index contributed by atoms with van der Waals surface area (Å²) >= 11 is 0. The van der Waals surface area contributed by atoms with Gasteiger partial charge >= 0.3 is 0 Å². The lowest BCUT2D eigenvalue weighted by atomic mass is 9.91. The van der Waals surface area contributed by atoms with Crippen LogP contribution in [0.15, 0.2) is 0 Å². The molecule has 0 amide bonds. The molecule has 2 aliphatic rings. The van der Waals surface area contributed by atoms with E-state index in [1.165, 1.54) is 25.7 Å². The highest BCUT2D eigenvalue weighted by molar-refractivity contribution is 5.06. The molecule has 0 aromatic rings. The fourth-order valence-electron chi connectivity index (χ4n) is 3.75. The normalized spacial score (nSPS) is 37.4. The van der Waals surface area contributed by atoms with Crippen molar-refractivity contribution in [2.45, 2.75) is 38.6 Å². The molecule has 2 rings (SSSR count). The van der Waals surface area contributed by atoms with E-state index in [1.807, 2.05) is 0 Å². The van der Waals surface area contributed by atoms with Crippen molar-refractivity contribution >= 4 is 0 Å². The molecule has 88 valence electrons. The zero-order chi connectivity index (χ0) is 10.8. The van der Waals surface area contributed by atoms with Gasteiger partial charge in [-0.05, 0) is 50.0 Å². The molecule has 1 N–H and O–H groups in total.